The molecule has 0 radical (unpaired) electrons. The molecule has 4 aromatic rings. The molecule has 4 rings (SSSR count). The van der Waals surface area contributed by atoms with Crippen LogP contribution in [0.5, 0.6) is 11.5 Å². The van der Waals surface area contributed by atoms with Crippen molar-refractivity contribution in [2.45, 2.75) is 18.4 Å². The van der Waals surface area contributed by atoms with Gasteiger partial charge in [-0.15, -0.1) is 11.3 Å². The van der Waals surface area contributed by atoms with Gasteiger partial charge in [0.15, 0.2) is 5.43 Å². The predicted molar refractivity (Wildman–Crippen MR) is 165 cm³/mol. The Labute approximate surface area is 256 Å². The number of carboxylic acid groups (broad SMARTS) is 1. The molecule has 1 atom stereocenters. The molecule has 1 aromatic heterocycles. The van der Waals surface area contributed by atoms with Crippen LogP contribution in [0.4, 0.5) is 4.79 Å². The van der Waals surface area contributed by atoms with E-state index in [9.17, 15) is 19.3 Å². The number of fused-ring (bicyclic) bond motifs is 2. The van der Waals surface area contributed by atoms with E-state index in [2.05, 4.69) is 5.32 Å². The Hall–Kier alpha value is -3.06. The standard InChI is InChI=1S/C29H31ClNO10PS/c1-36-18-39-16-29(31-28(33)34,17-40-42(35,37-2)38-3)13-12-19-4-10-25-23(14-19)27(32)24-15-22(9-11-26(24)43-25)41-21-7-5-20(30)6-8-21/h4-11,14-15,31H,12-13,16-18H2,1-3H3,(H,33,34). The van der Waals surface area contributed by atoms with Gasteiger partial charge in [-0.3, -0.25) is 18.4 Å². The van der Waals surface area contributed by atoms with E-state index in [1.165, 1.54) is 18.4 Å². The average Bonchev–Trinajstić information content (AvgIpc) is 3.00. The zero-order valence-corrected chi connectivity index (χ0v) is 26.1. The monoisotopic (exact) mass is 651 g/mol. The summed E-state index contributed by atoms with van der Waals surface area (Å²) in [5, 5.41) is 13.7. The molecule has 0 saturated carbocycles. The highest BCUT2D eigenvalue weighted by molar-refractivity contribution is 7.48. The number of amides is 1. The van der Waals surface area contributed by atoms with Gasteiger partial charge >= 0.3 is 13.9 Å². The lowest BCUT2D eigenvalue weighted by molar-refractivity contribution is -0.0621. The fourth-order valence-electron chi connectivity index (χ4n) is 4.37. The predicted octanol–water partition coefficient (Wildman–Crippen LogP) is 6.84. The van der Waals surface area contributed by atoms with Crippen molar-refractivity contribution in [2.24, 2.45) is 0 Å². The molecule has 1 unspecified atom stereocenters. The van der Waals surface area contributed by atoms with Crippen LogP contribution in [0.1, 0.15) is 12.0 Å². The maximum atomic E-state index is 13.6. The molecular weight excluding hydrogens is 621 g/mol. The van der Waals surface area contributed by atoms with Gasteiger partial charge in [-0.1, -0.05) is 17.7 Å². The Bertz CT molecular complexity index is 1670. The van der Waals surface area contributed by atoms with Gasteiger partial charge in [0.05, 0.1) is 18.8 Å². The maximum Gasteiger partial charge on any atom is 0.474 e. The van der Waals surface area contributed by atoms with Crippen molar-refractivity contribution in [1.82, 2.24) is 5.32 Å². The molecule has 0 aliphatic heterocycles. The number of hydrogen-bond acceptors (Lipinski definition) is 10. The smallest absolute Gasteiger partial charge is 0.465 e. The third-order valence-electron chi connectivity index (χ3n) is 6.54. The minimum atomic E-state index is -3.92. The lowest BCUT2D eigenvalue weighted by atomic mass is 9.92. The Morgan fingerprint density at radius 1 is 0.953 bits per heavy atom. The Morgan fingerprint density at radius 3 is 2.26 bits per heavy atom. The van der Waals surface area contributed by atoms with E-state index in [0.29, 0.717) is 33.7 Å². The van der Waals surface area contributed by atoms with Gasteiger partial charge in [-0.05, 0) is 73.0 Å². The number of benzene rings is 3. The summed E-state index contributed by atoms with van der Waals surface area (Å²) >= 11 is 7.44. The van der Waals surface area contributed by atoms with Crippen molar-refractivity contribution in [3.8, 4) is 11.5 Å². The molecule has 0 fully saturated rings. The molecule has 2 N–H and O–H groups in total. The molecule has 14 heteroatoms. The number of ether oxygens (including phenoxy) is 3. The Kier molecular flexibility index (Phi) is 11.2. The van der Waals surface area contributed by atoms with E-state index < -0.39 is 19.5 Å². The summed E-state index contributed by atoms with van der Waals surface area (Å²) in [7, 11) is -0.177. The summed E-state index contributed by atoms with van der Waals surface area (Å²) in [6, 6.07) is 17.8. The summed E-state index contributed by atoms with van der Waals surface area (Å²) in [6.45, 7) is -0.654. The lowest BCUT2D eigenvalue weighted by Crippen LogP contribution is -2.55. The van der Waals surface area contributed by atoms with Gasteiger partial charge in [0.2, 0.25) is 0 Å². The Balaban J connectivity index is 1.63. The molecule has 0 bridgehead atoms. The number of carbonyl (C=O) groups is 1. The molecule has 1 heterocycles. The van der Waals surface area contributed by atoms with Crippen LogP contribution in [0, 0.1) is 0 Å². The van der Waals surface area contributed by atoms with Crippen molar-refractivity contribution < 1.29 is 42.2 Å². The van der Waals surface area contributed by atoms with Crippen LogP contribution >= 0.6 is 30.8 Å². The summed E-state index contributed by atoms with van der Waals surface area (Å²) < 4.78 is 45.6. The highest BCUT2D eigenvalue weighted by Crippen LogP contribution is 2.48. The number of methoxy groups -OCH3 is 1. The van der Waals surface area contributed by atoms with Crippen molar-refractivity contribution in [3.63, 3.8) is 0 Å². The van der Waals surface area contributed by atoms with Crippen molar-refractivity contribution in [2.75, 3.05) is 41.3 Å². The third-order valence-corrected chi connectivity index (χ3v) is 9.29. The molecule has 1 amide bonds. The second kappa shape index (κ2) is 14.6. The lowest BCUT2D eigenvalue weighted by Gasteiger charge is -2.34. The Morgan fingerprint density at radius 2 is 1.60 bits per heavy atom. The number of nitrogens with one attached hydrogen (secondary N) is 1. The van der Waals surface area contributed by atoms with Gasteiger partial charge in [0, 0.05) is 46.5 Å². The van der Waals surface area contributed by atoms with Crippen LogP contribution in [0.2, 0.25) is 5.02 Å². The SMILES string of the molecule is COCOCC(CCc1ccc2sc3ccc(Oc4ccc(Cl)cc4)cc3c(=O)c2c1)(COP(=O)(OC)OC)NC(=O)O. The topological polar surface area (TPSA) is 139 Å². The van der Waals surface area contributed by atoms with Crippen molar-refractivity contribution in [1.29, 1.82) is 0 Å². The van der Waals surface area contributed by atoms with Crippen LogP contribution in [0.25, 0.3) is 20.2 Å². The highest BCUT2D eigenvalue weighted by Gasteiger charge is 2.37. The van der Waals surface area contributed by atoms with Crippen LogP contribution in [0.15, 0.2) is 65.5 Å². The molecule has 0 spiro atoms. The molecule has 11 nitrogen and oxygen atoms in total. The first-order valence-corrected chi connectivity index (χ1v) is 15.6. The summed E-state index contributed by atoms with van der Waals surface area (Å²) in [5.74, 6) is 1.10. The summed E-state index contributed by atoms with van der Waals surface area (Å²) in [6.07, 6.45) is -0.853. The second-order valence-corrected chi connectivity index (χ2v) is 12.9. The minimum Gasteiger partial charge on any atom is -0.465 e. The van der Waals surface area contributed by atoms with Gasteiger partial charge in [0.25, 0.3) is 0 Å². The normalized spacial score (nSPS) is 13.2. The van der Waals surface area contributed by atoms with Gasteiger partial charge < -0.3 is 24.6 Å². The van der Waals surface area contributed by atoms with Crippen LogP contribution < -0.4 is 15.5 Å². The molecule has 230 valence electrons. The van der Waals surface area contributed by atoms with Crippen LogP contribution in [-0.4, -0.2) is 58.1 Å². The van der Waals surface area contributed by atoms with Crippen molar-refractivity contribution in [3.05, 3.63) is 81.5 Å². The van der Waals surface area contributed by atoms with E-state index in [1.807, 2.05) is 24.3 Å². The number of phosphoric acid groups is 1. The number of hydrogen-bond donors (Lipinski definition) is 2. The fraction of sp³-hybridized carbons (Fsp3) is 0.310. The van der Waals surface area contributed by atoms with E-state index in [4.69, 9.17) is 39.4 Å². The first-order valence-electron chi connectivity index (χ1n) is 13.0. The average molecular weight is 652 g/mol. The minimum absolute atomic E-state index is 0.108. The van der Waals surface area contributed by atoms with Crippen LogP contribution in [0.3, 0.4) is 0 Å². The first kappa shape index (κ1) is 32.8. The quantitative estimate of drug-likeness (QED) is 0.0608. The largest absolute Gasteiger partial charge is 0.474 e. The van der Waals surface area contributed by atoms with Gasteiger partial charge in [-0.2, -0.15) is 0 Å². The summed E-state index contributed by atoms with van der Waals surface area (Å²) in [5.41, 5.74) is -0.739. The number of rotatable bonds is 15. The molecular formula is C29H31ClNO10PS. The van der Waals surface area contributed by atoms with Gasteiger partial charge in [-0.25, -0.2) is 9.36 Å². The van der Waals surface area contributed by atoms with E-state index in [0.717, 1.165) is 29.2 Å². The molecule has 0 saturated heterocycles. The third kappa shape index (κ3) is 8.53. The number of halogens is 1. The number of phosphoric ester groups is 1. The zero-order valence-electron chi connectivity index (χ0n) is 23.7. The molecule has 0 aliphatic rings. The highest BCUT2D eigenvalue weighted by atomic mass is 35.5. The van der Waals surface area contributed by atoms with Crippen molar-refractivity contribution >= 4 is 57.0 Å². The molecule has 0 aliphatic carbocycles. The second-order valence-electron chi connectivity index (χ2n) is 9.53. The van der Waals surface area contributed by atoms with Crippen LogP contribution in [-0.2, 0) is 34.0 Å². The molecule has 3 aromatic carbocycles. The molecule has 43 heavy (non-hydrogen) atoms. The summed E-state index contributed by atoms with van der Waals surface area (Å²) in [4.78, 5) is 25.4. The van der Waals surface area contributed by atoms with E-state index >= 15 is 0 Å². The zero-order chi connectivity index (χ0) is 31.0. The number of aryl methyl sites for hydroxylation is 1. The van der Waals surface area contributed by atoms with E-state index in [-0.39, 0.29) is 31.9 Å². The first-order chi connectivity index (χ1) is 20.6. The van der Waals surface area contributed by atoms with E-state index in [1.54, 1.807) is 36.4 Å². The fourth-order valence-corrected chi connectivity index (χ4v) is 6.30. The maximum absolute atomic E-state index is 13.6. The van der Waals surface area contributed by atoms with Gasteiger partial charge in [0.1, 0.15) is 18.3 Å².